The summed E-state index contributed by atoms with van der Waals surface area (Å²) in [7, 11) is 0. The number of nitrogens with zero attached hydrogens (tertiary/aromatic N) is 3. The standard InChI is InChI=1S/C13H17N3O2/c1-11(2)16-10-9-15(13(16)18)8-7-14-6-4-3-5-12(14)17/h3-6,9-11H,7-8H2,1-2H3. The van der Waals surface area contributed by atoms with Crippen LogP contribution in [0.4, 0.5) is 0 Å². The zero-order valence-corrected chi connectivity index (χ0v) is 10.6. The lowest BCUT2D eigenvalue weighted by Gasteiger charge is -2.06. The van der Waals surface area contributed by atoms with Crippen LogP contribution in [-0.2, 0) is 13.1 Å². The molecule has 0 amide bonds. The largest absolute Gasteiger partial charge is 0.328 e. The second-order valence-electron chi connectivity index (χ2n) is 4.51. The Morgan fingerprint density at radius 2 is 1.72 bits per heavy atom. The van der Waals surface area contributed by atoms with Gasteiger partial charge in [-0.25, -0.2) is 4.79 Å². The first-order valence-electron chi connectivity index (χ1n) is 6.02. The van der Waals surface area contributed by atoms with Crippen LogP contribution in [0.1, 0.15) is 19.9 Å². The Labute approximate surface area is 105 Å². The molecule has 0 saturated carbocycles. The molecule has 0 aliphatic carbocycles. The predicted molar refractivity (Wildman–Crippen MR) is 69.8 cm³/mol. The fraction of sp³-hybridized carbons (Fsp3) is 0.385. The molecule has 0 aliphatic heterocycles. The number of aryl methyl sites for hydroxylation is 2. The maximum Gasteiger partial charge on any atom is 0.328 e. The highest BCUT2D eigenvalue weighted by Crippen LogP contribution is 1.99. The minimum Gasteiger partial charge on any atom is -0.314 e. The predicted octanol–water partition coefficient (Wildman–Crippen LogP) is 1.09. The first kappa shape index (κ1) is 12.4. The van der Waals surface area contributed by atoms with E-state index in [4.69, 9.17) is 0 Å². The third-order valence-corrected chi connectivity index (χ3v) is 2.91. The van der Waals surface area contributed by atoms with Gasteiger partial charge in [0.2, 0.25) is 0 Å². The summed E-state index contributed by atoms with van der Waals surface area (Å²) in [5, 5.41) is 0. The van der Waals surface area contributed by atoms with Gasteiger partial charge in [-0.05, 0) is 19.9 Å². The normalized spacial score (nSPS) is 11.1. The molecular weight excluding hydrogens is 230 g/mol. The molecule has 0 unspecified atom stereocenters. The number of hydrogen-bond acceptors (Lipinski definition) is 2. The van der Waals surface area contributed by atoms with E-state index >= 15 is 0 Å². The van der Waals surface area contributed by atoms with E-state index in [0.29, 0.717) is 13.1 Å². The third kappa shape index (κ3) is 2.45. The van der Waals surface area contributed by atoms with Crippen molar-refractivity contribution in [1.29, 1.82) is 0 Å². The van der Waals surface area contributed by atoms with E-state index in [1.807, 2.05) is 19.9 Å². The molecule has 0 atom stereocenters. The number of hydrogen-bond donors (Lipinski definition) is 0. The van der Waals surface area contributed by atoms with Crippen molar-refractivity contribution in [2.24, 2.45) is 0 Å². The average molecular weight is 247 g/mol. The van der Waals surface area contributed by atoms with Gasteiger partial charge in [-0.2, -0.15) is 0 Å². The van der Waals surface area contributed by atoms with Crippen molar-refractivity contribution in [2.75, 3.05) is 0 Å². The van der Waals surface area contributed by atoms with Crippen molar-refractivity contribution in [3.63, 3.8) is 0 Å². The Hall–Kier alpha value is -2.04. The van der Waals surface area contributed by atoms with Crippen LogP contribution >= 0.6 is 0 Å². The molecule has 0 fully saturated rings. The Kier molecular flexibility index (Phi) is 3.50. The molecule has 2 rings (SSSR count). The molecule has 0 aromatic carbocycles. The summed E-state index contributed by atoms with van der Waals surface area (Å²) < 4.78 is 4.90. The van der Waals surface area contributed by atoms with Gasteiger partial charge in [0.15, 0.2) is 0 Å². The molecule has 0 N–H and O–H groups in total. The lowest BCUT2D eigenvalue weighted by atomic mass is 10.4. The molecule has 0 saturated heterocycles. The topological polar surface area (TPSA) is 48.9 Å². The van der Waals surface area contributed by atoms with Gasteiger partial charge in [0.05, 0.1) is 0 Å². The van der Waals surface area contributed by atoms with E-state index in [2.05, 4.69) is 0 Å². The van der Waals surface area contributed by atoms with E-state index in [0.717, 1.165) is 0 Å². The Morgan fingerprint density at radius 3 is 2.33 bits per heavy atom. The molecule has 5 nitrogen and oxygen atoms in total. The Bertz CT molecular complexity index is 634. The average Bonchev–Trinajstić information content (AvgIpc) is 2.70. The van der Waals surface area contributed by atoms with Crippen LogP contribution in [0.5, 0.6) is 0 Å². The molecule has 2 aromatic rings. The summed E-state index contributed by atoms with van der Waals surface area (Å²) in [6.07, 6.45) is 5.27. The summed E-state index contributed by atoms with van der Waals surface area (Å²) in [6.45, 7) is 4.94. The smallest absolute Gasteiger partial charge is 0.314 e. The zero-order valence-electron chi connectivity index (χ0n) is 10.6. The van der Waals surface area contributed by atoms with E-state index in [1.165, 1.54) is 6.07 Å². The first-order valence-corrected chi connectivity index (χ1v) is 6.02. The summed E-state index contributed by atoms with van der Waals surface area (Å²) in [6, 6.07) is 5.18. The summed E-state index contributed by atoms with van der Waals surface area (Å²) in [5.41, 5.74) is -0.0807. The van der Waals surface area contributed by atoms with Crippen LogP contribution in [0, 0.1) is 0 Å². The monoisotopic (exact) mass is 247 g/mol. The van der Waals surface area contributed by atoms with Crippen molar-refractivity contribution < 1.29 is 0 Å². The SMILES string of the molecule is CC(C)n1ccn(CCn2ccccc2=O)c1=O. The van der Waals surface area contributed by atoms with Gasteiger partial charge in [0, 0.05) is 43.8 Å². The number of pyridine rings is 1. The van der Waals surface area contributed by atoms with Crippen molar-refractivity contribution in [1.82, 2.24) is 13.7 Å². The summed E-state index contributed by atoms with van der Waals surface area (Å²) >= 11 is 0. The van der Waals surface area contributed by atoms with Gasteiger partial charge in [0.25, 0.3) is 5.56 Å². The molecule has 18 heavy (non-hydrogen) atoms. The van der Waals surface area contributed by atoms with Crippen LogP contribution in [-0.4, -0.2) is 13.7 Å². The Morgan fingerprint density at radius 1 is 1.00 bits per heavy atom. The van der Waals surface area contributed by atoms with Gasteiger partial charge in [-0.3, -0.25) is 13.9 Å². The Balaban J connectivity index is 2.15. The van der Waals surface area contributed by atoms with Crippen molar-refractivity contribution in [3.05, 3.63) is 57.6 Å². The molecule has 0 spiro atoms. The van der Waals surface area contributed by atoms with Gasteiger partial charge >= 0.3 is 5.69 Å². The van der Waals surface area contributed by atoms with Crippen molar-refractivity contribution >= 4 is 0 Å². The van der Waals surface area contributed by atoms with Gasteiger partial charge in [0.1, 0.15) is 0 Å². The quantitative estimate of drug-likeness (QED) is 0.812. The number of aromatic nitrogens is 3. The summed E-state index contributed by atoms with van der Waals surface area (Å²) in [4.78, 5) is 23.5. The van der Waals surface area contributed by atoms with E-state index in [-0.39, 0.29) is 17.3 Å². The fourth-order valence-electron chi connectivity index (χ4n) is 1.85. The van der Waals surface area contributed by atoms with Gasteiger partial charge < -0.3 is 4.57 Å². The zero-order chi connectivity index (χ0) is 13.1. The van der Waals surface area contributed by atoms with E-state index < -0.39 is 0 Å². The highest BCUT2D eigenvalue weighted by atomic mass is 16.2. The molecular formula is C13H17N3O2. The molecule has 0 aliphatic rings. The van der Waals surface area contributed by atoms with Crippen LogP contribution in [0.2, 0.25) is 0 Å². The minimum absolute atomic E-state index is 0.0334. The maximum absolute atomic E-state index is 12.0. The van der Waals surface area contributed by atoms with E-state index in [9.17, 15) is 9.59 Å². The molecule has 5 heteroatoms. The lowest BCUT2D eigenvalue weighted by molar-refractivity contribution is 0.518. The minimum atomic E-state index is -0.0474. The molecule has 0 bridgehead atoms. The van der Waals surface area contributed by atoms with E-state index in [1.54, 1.807) is 38.4 Å². The number of imidazole rings is 1. The maximum atomic E-state index is 12.0. The second-order valence-corrected chi connectivity index (χ2v) is 4.51. The van der Waals surface area contributed by atoms with Crippen LogP contribution in [0.3, 0.4) is 0 Å². The highest BCUT2D eigenvalue weighted by Gasteiger charge is 2.05. The molecule has 2 aromatic heterocycles. The van der Waals surface area contributed by atoms with Gasteiger partial charge in [-0.15, -0.1) is 0 Å². The third-order valence-electron chi connectivity index (χ3n) is 2.91. The van der Waals surface area contributed by atoms with Crippen LogP contribution in [0.15, 0.2) is 46.4 Å². The summed E-state index contributed by atoms with van der Waals surface area (Å²) in [5.74, 6) is 0. The fourth-order valence-corrected chi connectivity index (χ4v) is 1.85. The van der Waals surface area contributed by atoms with Crippen LogP contribution in [0.25, 0.3) is 0 Å². The van der Waals surface area contributed by atoms with Gasteiger partial charge in [-0.1, -0.05) is 6.07 Å². The van der Waals surface area contributed by atoms with Crippen molar-refractivity contribution in [2.45, 2.75) is 33.0 Å². The lowest BCUT2D eigenvalue weighted by Crippen LogP contribution is -2.28. The highest BCUT2D eigenvalue weighted by molar-refractivity contribution is 4.93. The van der Waals surface area contributed by atoms with Crippen LogP contribution < -0.4 is 11.2 Å². The first-order chi connectivity index (χ1) is 8.59. The molecule has 96 valence electrons. The molecule has 0 radical (unpaired) electrons. The van der Waals surface area contributed by atoms with Crippen molar-refractivity contribution in [3.8, 4) is 0 Å². The second kappa shape index (κ2) is 5.08. The number of rotatable bonds is 4. The molecule has 2 heterocycles.